The van der Waals surface area contributed by atoms with E-state index in [0.717, 1.165) is 5.56 Å². The van der Waals surface area contributed by atoms with Crippen LogP contribution in [0.1, 0.15) is 12.0 Å². The van der Waals surface area contributed by atoms with Crippen molar-refractivity contribution < 1.29 is 22.6 Å². The summed E-state index contributed by atoms with van der Waals surface area (Å²) in [6, 6.07) is 14.3. The van der Waals surface area contributed by atoms with Gasteiger partial charge in [-0.3, -0.25) is 0 Å². The minimum absolute atomic E-state index is 0.135. The Balaban J connectivity index is 1.79. The zero-order chi connectivity index (χ0) is 18.1. The first kappa shape index (κ1) is 19.2. The summed E-state index contributed by atoms with van der Waals surface area (Å²) in [7, 11) is -0.635. The molecule has 2 aromatic rings. The van der Waals surface area contributed by atoms with E-state index in [2.05, 4.69) is 4.72 Å². The Morgan fingerprint density at radius 2 is 1.68 bits per heavy atom. The second kappa shape index (κ2) is 9.41. The highest BCUT2D eigenvalue weighted by atomic mass is 32.2. The van der Waals surface area contributed by atoms with E-state index in [9.17, 15) is 8.42 Å². The van der Waals surface area contributed by atoms with Crippen molar-refractivity contribution in [1.29, 1.82) is 0 Å². The van der Waals surface area contributed by atoms with E-state index in [0.29, 0.717) is 37.7 Å². The maximum absolute atomic E-state index is 12.3. The van der Waals surface area contributed by atoms with Crippen LogP contribution in [0.25, 0.3) is 0 Å². The van der Waals surface area contributed by atoms with Gasteiger partial charge in [0.25, 0.3) is 0 Å². The van der Waals surface area contributed by atoms with E-state index in [1.54, 1.807) is 6.07 Å². The maximum Gasteiger partial charge on any atom is 0.240 e. The fraction of sp³-hybridized carbons (Fsp3) is 0.333. The largest absolute Gasteiger partial charge is 0.493 e. The summed E-state index contributed by atoms with van der Waals surface area (Å²) in [4.78, 5) is 0.135. The molecule has 136 valence electrons. The Morgan fingerprint density at radius 3 is 2.36 bits per heavy atom. The number of hydrogen-bond acceptors (Lipinski definition) is 5. The summed E-state index contributed by atoms with van der Waals surface area (Å²) in [5.41, 5.74) is 1.09. The highest BCUT2D eigenvalue weighted by Crippen LogP contribution is 2.29. The summed E-state index contributed by atoms with van der Waals surface area (Å²) < 4.78 is 42.9. The molecule has 2 rings (SSSR count). The van der Waals surface area contributed by atoms with Crippen LogP contribution in [-0.2, 0) is 21.4 Å². The molecule has 25 heavy (non-hydrogen) atoms. The first-order chi connectivity index (χ1) is 12.1. The van der Waals surface area contributed by atoms with E-state index in [-0.39, 0.29) is 4.90 Å². The van der Waals surface area contributed by atoms with Gasteiger partial charge >= 0.3 is 0 Å². The Morgan fingerprint density at radius 1 is 0.960 bits per heavy atom. The van der Waals surface area contributed by atoms with Gasteiger partial charge in [0, 0.05) is 19.2 Å². The molecule has 2 aromatic carbocycles. The molecule has 0 aromatic heterocycles. The van der Waals surface area contributed by atoms with Gasteiger partial charge in [-0.05, 0) is 24.1 Å². The summed E-state index contributed by atoms with van der Waals surface area (Å²) in [5.74, 6) is 0.854. The number of ether oxygens (including phenoxy) is 3. The molecule has 0 atom stereocenters. The number of rotatable bonds is 10. The molecule has 0 radical (unpaired) electrons. The van der Waals surface area contributed by atoms with Crippen molar-refractivity contribution in [1.82, 2.24) is 4.72 Å². The number of sulfonamides is 1. The van der Waals surface area contributed by atoms with E-state index < -0.39 is 10.0 Å². The highest BCUT2D eigenvalue weighted by Gasteiger charge is 2.16. The van der Waals surface area contributed by atoms with Crippen molar-refractivity contribution in [3.63, 3.8) is 0 Å². The predicted octanol–water partition coefficient (Wildman–Crippen LogP) is 2.59. The third-order valence-corrected chi connectivity index (χ3v) is 4.99. The van der Waals surface area contributed by atoms with E-state index in [1.807, 2.05) is 30.3 Å². The molecule has 1 N–H and O–H groups in total. The third kappa shape index (κ3) is 5.74. The number of benzene rings is 2. The lowest BCUT2D eigenvalue weighted by atomic mass is 10.2. The minimum atomic E-state index is -3.60. The Labute approximate surface area is 148 Å². The van der Waals surface area contributed by atoms with Crippen LogP contribution in [-0.4, -0.2) is 35.8 Å². The van der Waals surface area contributed by atoms with E-state index in [1.165, 1.54) is 26.4 Å². The summed E-state index contributed by atoms with van der Waals surface area (Å²) >= 11 is 0. The van der Waals surface area contributed by atoms with E-state index in [4.69, 9.17) is 14.2 Å². The van der Waals surface area contributed by atoms with Gasteiger partial charge in [-0.1, -0.05) is 30.3 Å². The van der Waals surface area contributed by atoms with E-state index >= 15 is 0 Å². The zero-order valence-corrected chi connectivity index (χ0v) is 15.2. The van der Waals surface area contributed by atoms with Gasteiger partial charge in [-0.15, -0.1) is 0 Å². The molecule has 0 saturated carbocycles. The fourth-order valence-electron chi connectivity index (χ4n) is 2.21. The fourth-order valence-corrected chi connectivity index (χ4v) is 3.30. The van der Waals surface area contributed by atoms with Gasteiger partial charge in [0.2, 0.25) is 10.0 Å². The van der Waals surface area contributed by atoms with Crippen LogP contribution in [0.3, 0.4) is 0 Å². The molecule has 0 aliphatic rings. The Hall–Kier alpha value is -2.09. The average Bonchev–Trinajstić information content (AvgIpc) is 2.64. The van der Waals surface area contributed by atoms with Crippen molar-refractivity contribution in [3.8, 4) is 11.5 Å². The lowest BCUT2D eigenvalue weighted by molar-refractivity contribution is 0.119. The first-order valence-corrected chi connectivity index (χ1v) is 9.38. The van der Waals surface area contributed by atoms with Gasteiger partial charge in [-0.25, -0.2) is 13.1 Å². The van der Waals surface area contributed by atoms with Crippen LogP contribution in [0.4, 0.5) is 0 Å². The maximum atomic E-state index is 12.3. The van der Waals surface area contributed by atoms with Crippen LogP contribution in [0.5, 0.6) is 11.5 Å². The second-order valence-corrected chi connectivity index (χ2v) is 7.07. The van der Waals surface area contributed by atoms with Crippen molar-refractivity contribution in [2.75, 3.05) is 27.4 Å². The lowest BCUT2D eigenvalue weighted by Crippen LogP contribution is -2.25. The molecular weight excluding hydrogens is 342 g/mol. The molecule has 0 heterocycles. The molecule has 6 nitrogen and oxygen atoms in total. The first-order valence-electron chi connectivity index (χ1n) is 7.90. The molecule has 0 spiro atoms. The van der Waals surface area contributed by atoms with Crippen LogP contribution in [0.15, 0.2) is 53.4 Å². The second-order valence-electron chi connectivity index (χ2n) is 5.31. The SMILES string of the molecule is COc1ccc(S(=O)(=O)NCCCOCc2ccccc2)cc1OC. The monoisotopic (exact) mass is 365 g/mol. The third-order valence-electron chi connectivity index (χ3n) is 3.53. The number of methoxy groups -OCH3 is 2. The quantitative estimate of drug-likeness (QED) is 0.655. The Kier molecular flexibility index (Phi) is 7.24. The summed E-state index contributed by atoms with van der Waals surface area (Å²) in [5, 5.41) is 0. The van der Waals surface area contributed by atoms with Crippen LogP contribution in [0.2, 0.25) is 0 Å². The molecule has 0 bridgehead atoms. The number of hydrogen-bond donors (Lipinski definition) is 1. The minimum Gasteiger partial charge on any atom is -0.493 e. The smallest absolute Gasteiger partial charge is 0.240 e. The van der Waals surface area contributed by atoms with Gasteiger partial charge < -0.3 is 14.2 Å². The summed E-state index contributed by atoms with van der Waals surface area (Å²) in [6.07, 6.45) is 0.583. The van der Waals surface area contributed by atoms with Crippen LogP contribution < -0.4 is 14.2 Å². The lowest BCUT2D eigenvalue weighted by Gasteiger charge is -2.11. The Bertz CT molecular complexity index is 762. The molecule has 0 unspecified atom stereocenters. The van der Waals surface area contributed by atoms with Crippen LogP contribution >= 0.6 is 0 Å². The van der Waals surface area contributed by atoms with Crippen molar-refractivity contribution in [2.24, 2.45) is 0 Å². The molecule has 0 saturated heterocycles. The number of nitrogens with one attached hydrogen (secondary N) is 1. The predicted molar refractivity (Wildman–Crippen MR) is 95.4 cm³/mol. The average molecular weight is 365 g/mol. The molecule has 0 amide bonds. The molecule has 0 aliphatic carbocycles. The van der Waals surface area contributed by atoms with Crippen molar-refractivity contribution >= 4 is 10.0 Å². The summed E-state index contributed by atoms with van der Waals surface area (Å²) in [6.45, 7) is 1.29. The van der Waals surface area contributed by atoms with Crippen LogP contribution in [0, 0.1) is 0 Å². The molecule has 0 aliphatic heterocycles. The molecule has 7 heteroatoms. The zero-order valence-electron chi connectivity index (χ0n) is 14.4. The topological polar surface area (TPSA) is 73.9 Å². The normalized spacial score (nSPS) is 11.3. The van der Waals surface area contributed by atoms with Gasteiger partial charge in [0.05, 0.1) is 25.7 Å². The van der Waals surface area contributed by atoms with Crippen molar-refractivity contribution in [2.45, 2.75) is 17.9 Å². The van der Waals surface area contributed by atoms with Gasteiger partial charge in [0.15, 0.2) is 11.5 Å². The standard InChI is InChI=1S/C18H23NO5S/c1-22-17-10-9-16(13-18(17)23-2)25(20,21)19-11-6-12-24-14-15-7-4-3-5-8-15/h3-5,7-10,13,19H,6,11-12,14H2,1-2H3. The molecule has 0 fully saturated rings. The van der Waals surface area contributed by atoms with Gasteiger partial charge in [-0.2, -0.15) is 0 Å². The molecular formula is C18H23NO5S. The highest BCUT2D eigenvalue weighted by molar-refractivity contribution is 7.89. The van der Waals surface area contributed by atoms with Gasteiger partial charge in [0.1, 0.15) is 0 Å². The van der Waals surface area contributed by atoms with Crippen molar-refractivity contribution in [3.05, 3.63) is 54.1 Å².